The fourth-order valence-corrected chi connectivity index (χ4v) is 2.52. The quantitative estimate of drug-likeness (QED) is 0.657. The van der Waals surface area contributed by atoms with Crippen LogP contribution in [-0.2, 0) is 0 Å². The summed E-state index contributed by atoms with van der Waals surface area (Å²) in [6.45, 7) is 0. The topological polar surface area (TPSA) is 30.0 Å². The molecule has 1 aliphatic rings. The standard InChI is InChI=1S/C8H6BrNOS/c9-7-2-1-5-6(11)3-4-12-8(5)10-7/h1-2H,3-4H2. The Bertz CT molecular complexity index is 340. The molecule has 1 aromatic heterocycles. The van der Waals surface area contributed by atoms with Crippen molar-refractivity contribution in [2.45, 2.75) is 11.4 Å². The molecule has 0 saturated carbocycles. The highest BCUT2D eigenvalue weighted by Crippen LogP contribution is 2.29. The number of Topliss-reactive ketones (excluding diaryl/α,β-unsaturated/α-hetero) is 1. The van der Waals surface area contributed by atoms with E-state index < -0.39 is 0 Å². The van der Waals surface area contributed by atoms with Crippen molar-refractivity contribution < 1.29 is 4.79 Å². The van der Waals surface area contributed by atoms with Crippen LogP contribution in [0.1, 0.15) is 16.8 Å². The SMILES string of the molecule is O=C1CCSc2nc(Br)ccc21. The molecule has 2 nitrogen and oxygen atoms in total. The summed E-state index contributed by atoms with van der Waals surface area (Å²) in [5, 5.41) is 0.862. The van der Waals surface area contributed by atoms with E-state index >= 15 is 0 Å². The highest BCUT2D eigenvalue weighted by molar-refractivity contribution is 9.10. The Balaban J connectivity index is 2.53. The molecular weight excluding hydrogens is 238 g/mol. The van der Waals surface area contributed by atoms with E-state index in [1.807, 2.05) is 12.1 Å². The van der Waals surface area contributed by atoms with Crippen LogP contribution in [0.3, 0.4) is 0 Å². The number of halogens is 1. The van der Waals surface area contributed by atoms with Gasteiger partial charge in [-0.1, -0.05) is 0 Å². The van der Waals surface area contributed by atoms with Gasteiger partial charge in [-0.25, -0.2) is 4.98 Å². The van der Waals surface area contributed by atoms with Crippen LogP contribution in [0.15, 0.2) is 21.8 Å². The Hall–Kier alpha value is -0.350. The molecule has 0 atom stereocenters. The molecule has 0 bridgehead atoms. The van der Waals surface area contributed by atoms with E-state index in [0.29, 0.717) is 6.42 Å². The third kappa shape index (κ3) is 1.41. The molecule has 0 amide bonds. The number of pyridine rings is 1. The van der Waals surface area contributed by atoms with Gasteiger partial charge in [0.25, 0.3) is 0 Å². The van der Waals surface area contributed by atoms with Gasteiger partial charge in [-0.15, -0.1) is 11.8 Å². The number of hydrogen-bond donors (Lipinski definition) is 0. The van der Waals surface area contributed by atoms with Crippen LogP contribution in [-0.4, -0.2) is 16.5 Å². The van der Waals surface area contributed by atoms with E-state index in [2.05, 4.69) is 20.9 Å². The van der Waals surface area contributed by atoms with E-state index in [4.69, 9.17) is 0 Å². The summed E-state index contributed by atoms with van der Waals surface area (Å²) in [7, 11) is 0. The molecule has 1 aliphatic heterocycles. The second kappa shape index (κ2) is 3.18. The van der Waals surface area contributed by atoms with Crippen LogP contribution < -0.4 is 0 Å². The van der Waals surface area contributed by atoms with Crippen LogP contribution in [0, 0.1) is 0 Å². The van der Waals surface area contributed by atoms with Gasteiger partial charge in [-0.2, -0.15) is 0 Å². The normalized spacial score (nSPS) is 15.9. The summed E-state index contributed by atoms with van der Waals surface area (Å²) in [4.78, 5) is 15.6. The molecule has 0 aromatic carbocycles. The molecule has 0 unspecified atom stereocenters. The van der Waals surface area contributed by atoms with Crippen LogP contribution in [0.4, 0.5) is 0 Å². The molecule has 12 heavy (non-hydrogen) atoms. The third-order valence-electron chi connectivity index (χ3n) is 1.69. The lowest BCUT2D eigenvalue weighted by Gasteiger charge is -2.12. The number of aromatic nitrogens is 1. The van der Waals surface area contributed by atoms with Crippen molar-refractivity contribution in [2.24, 2.45) is 0 Å². The van der Waals surface area contributed by atoms with Crippen molar-refractivity contribution >= 4 is 33.5 Å². The van der Waals surface area contributed by atoms with Crippen LogP contribution in [0.2, 0.25) is 0 Å². The minimum Gasteiger partial charge on any atom is -0.294 e. The molecule has 2 rings (SSSR count). The van der Waals surface area contributed by atoms with Crippen LogP contribution in [0.25, 0.3) is 0 Å². The molecule has 0 fully saturated rings. The number of nitrogens with zero attached hydrogens (tertiary/aromatic N) is 1. The summed E-state index contributed by atoms with van der Waals surface area (Å²) in [6, 6.07) is 3.64. The Morgan fingerprint density at radius 2 is 2.33 bits per heavy atom. The minimum absolute atomic E-state index is 0.212. The summed E-state index contributed by atoms with van der Waals surface area (Å²) in [5.41, 5.74) is 0.773. The number of hydrogen-bond acceptors (Lipinski definition) is 3. The first-order chi connectivity index (χ1) is 5.77. The van der Waals surface area contributed by atoms with Gasteiger partial charge in [0.15, 0.2) is 5.78 Å². The molecule has 0 saturated heterocycles. The van der Waals surface area contributed by atoms with Gasteiger partial charge in [-0.3, -0.25) is 4.79 Å². The molecule has 2 heterocycles. The van der Waals surface area contributed by atoms with Crippen molar-refractivity contribution in [3.05, 3.63) is 22.3 Å². The van der Waals surface area contributed by atoms with E-state index in [-0.39, 0.29) is 5.78 Å². The lowest BCUT2D eigenvalue weighted by Crippen LogP contribution is -2.09. The third-order valence-corrected chi connectivity index (χ3v) is 3.13. The van der Waals surface area contributed by atoms with Crippen molar-refractivity contribution in [2.75, 3.05) is 5.75 Å². The maximum atomic E-state index is 11.3. The van der Waals surface area contributed by atoms with Gasteiger partial charge in [0, 0.05) is 17.7 Å². The molecule has 0 aliphatic carbocycles. The summed E-state index contributed by atoms with van der Waals surface area (Å²) in [6.07, 6.45) is 0.640. The lowest BCUT2D eigenvalue weighted by atomic mass is 10.1. The number of ketones is 1. The van der Waals surface area contributed by atoms with E-state index in [1.54, 1.807) is 11.8 Å². The van der Waals surface area contributed by atoms with Crippen molar-refractivity contribution in [1.82, 2.24) is 4.98 Å². The van der Waals surface area contributed by atoms with Gasteiger partial charge in [0.1, 0.15) is 9.63 Å². The first-order valence-corrected chi connectivity index (χ1v) is 5.38. The molecule has 0 radical (unpaired) electrons. The summed E-state index contributed by atoms with van der Waals surface area (Å²) in [5.74, 6) is 1.07. The largest absolute Gasteiger partial charge is 0.294 e. The van der Waals surface area contributed by atoms with Crippen molar-refractivity contribution in [3.63, 3.8) is 0 Å². The maximum Gasteiger partial charge on any atom is 0.166 e. The number of carbonyl (C=O) groups is 1. The average molecular weight is 244 g/mol. The average Bonchev–Trinajstić information content (AvgIpc) is 2.04. The zero-order valence-electron chi connectivity index (χ0n) is 6.21. The molecule has 0 N–H and O–H groups in total. The van der Waals surface area contributed by atoms with E-state index in [0.717, 1.165) is 20.9 Å². The molecule has 0 spiro atoms. The second-order valence-corrected chi connectivity index (χ2v) is 4.40. The van der Waals surface area contributed by atoms with E-state index in [1.165, 1.54) is 0 Å². The van der Waals surface area contributed by atoms with Gasteiger partial charge in [0.05, 0.1) is 0 Å². The first kappa shape index (κ1) is 8.26. The summed E-state index contributed by atoms with van der Waals surface area (Å²) < 4.78 is 0.795. The number of carbonyl (C=O) groups excluding carboxylic acids is 1. The molecule has 4 heteroatoms. The Morgan fingerprint density at radius 1 is 1.50 bits per heavy atom. The Kier molecular flexibility index (Phi) is 2.19. The molecule has 62 valence electrons. The fourth-order valence-electron chi connectivity index (χ4n) is 1.12. The monoisotopic (exact) mass is 243 g/mol. The molecule has 1 aromatic rings. The highest BCUT2D eigenvalue weighted by Gasteiger charge is 2.18. The Labute approximate surface area is 82.9 Å². The minimum atomic E-state index is 0.212. The summed E-state index contributed by atoms with van der Waals surface area (Å²) >= 11 is 4.92. The Morgan fingerprint density at radius 3 is 3.17 bits per heavy atom. The van der Waals surface area contributed by atoms with Crippen molar-refractivity contribution in [3.8, 4) is 0 Å². The van der Waals surface area contributed by atoms with Gasteiger partial charge >= 0.3 is 0 Å². The lowest BCUT2D eigenvalue weighted by molar-refractivity contribution is 0.0984. The zero-order valence-corrected chi connectivity index (χ0v) is 8.61. The predicted molar refractivity (Wildman–Crippen MR) is 51.6 cm³/mol. The van der Waals surface area contributed by atoms with E-state index in [9.17, 15) is 4.79 Å². The van der Waals surface area contributed by atoms with Gasteiger partial charge in [-0.05, 0) is 28.1 Å². The molecular formula is C8H6BrNOS. The highest BCUT2D eigenvalue weighted by atomic mass is 79.9. The van der Waals surface area contributed by atoms with Crippen molar-refractivity contribution in [1.29, 1.82) is 0 Å². The van der Waals surface area contributed by atoms with Gasteiger partial charge in [0.2, 0.25) is 0 Å². The first-order valence-electron chi connectivity index (χ1n) is 3.60. The fraction of sp³-hybridized carbons (Fsp3) is 0.250. The van der Waals surface area contributed by atoms with Crippen LogP contribution in [0.5, 0.6) is 0 Å². The number of thioether (sulfide) groups is 1. The van der Waals surface area contributed by atoms with Gasteiger partial charge < -0.3 is 0 Å². The predicted octanol–water partition coefficient (Wildman–Crippen LogP) is 2.52. The van der Waals surface area contributed by atoms with Crippen LogP contribution >= 0.6 is 27.7 Å². The number of fused-ring (bicyclic) bond motifs is 1. The zero-order chi connectivity index (χ0) is 8.55. The second-order valence-electron chi connectivity index (χ2n) is 2.51. The maximum absolute atomic E-state index is 11.3. The smallest absolute Gasteiger partial charge is 0.166 e. The number of rotatable bonds is 0.